The van der Waals surface area contributed by atoms with E-state index in [1.807, 2.05) is 48.5 Å². The second-order valence-corrected chi connectivity index (χ2v) is 9.33. The average Bonchev–Trinajstić information content (AvgIpc) is 2.65. The molecule has 2 aromatic carbocycles. The van der Waals surface area contributed by atoms with Gasteiger partial charge in [0.15, 0.2) is 0 Å². The van der Waals surface area contributed by atoms with Crippen molar-refractivity contribution in [3.63, 3.8) is 0 Å². The summed E-state index contributed by atoms with van der Waals surface area (Å²) in [7, 11) is -5.43. The second-order valence-electron chi connectivity index (χ2n) is 6.40. The minimum absolute atomic E-state index is 0.155. The topological polar surface area (TPSA) is 37.4 Å². The largest absolute Gasteiger partial charge is 0.516 e. The zero-order valence-electron chi connectivity index (χ0n) is 14.2. The summed E-state index contributed by atoms with van der Waals surface area (Å²) >= 11 is 1.54. The van der Waals surface area contributed by atoms with Gasteiger partial charge in [-0.1, -0.05) is 48.2 Å². The fourth-order valence-corrected chi connectivity index (χ4v) is 5.73. The van der Waals surface area contributed by atoms with Gasteiger partial charge in [-0.25, -0.2) is 0 Å². The van der Waals surface area contributed by atoms with Crippen molar-refractivity contribution in [3.05, 3.63) is 65.4 Å². The molecule has 0 unspecified atom stereocenters. The fraction of sp³-hybridized carbons (Fsp3) is 0.263. The van der Waals surface area contributed by atoms with Crippen molar-refractivity contribution in [2.75, 3.05) is 6.54 Å². The molecule has 1 fully saturated rings. The van der Waals surface area contributed by atoms with Gasteiger partial charge in [0.05, 0.1) is 0 Å². The molecule has 0 aliphatic carbocycles. The van der Waals surface area contributed by atoms with Crippen LogP contribution in [0.25, 0.3) is 5.57 Å². The fourth-order valence-electron chi connectivity index (χ4n) is 3.55. The molecule has 8 heteroatoms. The van der Waals surface area contributed by atoms with Crippen LogP contribution in [0, 0.1) is 0 Å². The molecule has 2 aliphatic rings. The molecule has 142 valence electrons. The molecule has 2 heterocycles. The number of fused-ring (bicyclic) bond motifs is 2. The maximum Gasteiger partial charge on any atom is 0.516 e. The van der Waals surface area contributed by atoms with Crippen LogP contribution in [0.4, 0.5) is 13.2 Å². The van der Waals surface area contributed by atoms with Crippen LogP contribution in [0.15, 0.2) is 64.0 Å². The molecule has 0 radical (unpaired) electrons. The summed E-state index contributed by atoms with van der Waals surface area (Å²) in [6, 6.07) is 14.9. The Morgan fingerprint density at radius 1 is 0.889 bits per heavy atom. The lowest BCUT2D eigenvalue weighted by molar-refractivity contribution is -0.0483. The van der Waals surface area contributed by atoms with Crippen LogP contribution in [0.5, 0.6) is 0 Å². The van der Waals surface area contributed by atoms with E-state index in [1.54, 1.807) is 11.8 Å². The Morgan fingerprint density at radius 2 is 1.44 bits per heavy atom. The predicted molar refractivity (Wildman–Crippen MR) is 98.6 cm³/mol. The second kappa shape index (κ2) is 6.60. The molecule has 0 saturated carbocycles. The summed E-state index contributed by atoms with van der Waals surface area (Å²) < 4.78 is 65.0. The number of rotatable bonds is 1. The molecule has 27 heavy (non-hydrogen) atoms. The van der Waals surface area contributed by atoms with Gasteiger partial charge in [0.25, 0.3) is 0 Å². The number of halogens is 3. The number of piperidine rings is 1. The van der Waals surface area contributed by atoms with Crippen LogP contribution >= 0.6 is 11.8 Å². The van der Waals surface area contributed by atoms with Gasteiger partial charge in [-0.2, -0.15) is 21.6 Å². The molecule has 0 aromatic heterocycles. The minimum atomic E-state index is -5.43. The number of benzene rings is 2. The van der Waals surface area contributed by atoms with Gasteiger partial charge >= 0.3 is 15.5 Å². The molecule has 0 atom stereocenters. The van der Waals surface area contributed by atoms with Crippen molar-refractivity contribution in [2.24, 2.45) is 0 Å². The molecule has 2 aromatic rings. The molecule has 2 aliphatic heterocycles. The number of allylic oxidation sites excluding steroid dienone is 1. The normalized spacial score (nSPS) is 17.5. The molecule has 0 bridgehead atoms. The monoisotopic (exact) mass is 411 g/mol. The molecule has 0 amide bonds. The first-order chi connectivity index (χ1) is 12.8. The first-order valence-electron chi connectivity index (χ1n) is 8.49. The van der Waals surface area contributed by atoms with Gasteiger partial charge in [0.1, 0.15) is 0 Å². The van der Waals surface area contributed by atoms with Crippen LogP contribution in [-0.4, -0.2) is 24.8 Å². The molecule has 0 N–H and O–H groups in total. The van der Waals surface area contributed by atoms with Crippen molar-refractivity contribution in [3.8, 4) is 0 Å². The number of alkyl halides is 3. The zero-order valence-corrected chi connectivity index (χ0v) is 15.8. The van der Waals surface area contributed by atoms with E-state index in [-0.39, 0.29) is 18.7 Å². The molecular formula is C19H16F3NO2S2. The summed E-state index contributed by atoms with van der Waals surface area (Å²) in [4.78, 5) is 1.82. The molecule has 1 saturated heterocycles. The van der Waals surface area contributed by atoms with Crippen molar-refractivity contribution in [1.29, 1.82) is 0 Å². The van der Waals surface area contributed by atoms with Crippen molar-refractivity contribution < 1.29 is 21.6 Å². The highest BCUT2D eigenvalue weighted by molar-refractivity contribution is 7.99. The zero-order chi connectivity index (χ0) is 19.2. The first-order valence-corrected chi connectivity index (χ1v) is 10.7. The lowest BCUT2D eigenvalue weighted by Crippen LogP contribution is -2.42. The van der Waals surface area contributed by atoms with Crippen LogP contribution in [0.2, 0.25) is 0 Å². The third kappa shape index (κ3) is 3.04. The van der Waals surface area contributed by atoms with Gasteiger partial charge in [-0.05, 0) is 42.5 Å². The minimum Gasteiger partial charge on any atom is -0.266 e. The molecule has 0 spiro atoms. The van der Waals surface area contributed by atoms with Crippen molar-refractivity contribution in [1.82, 2.24) is 4.31 Å². The summed E-state index contributed by atoms with van der Waals surface area (Å²) in [6.07, 6.45) is 1.35. The van der Waals surface area contributed by atoms with E-state index in [1.165, 1.54) is 0 Å². The maximum absolute atomic E-state index is 13.3. The van der Waals surface area contributed by atoms with E-state index in [0.29, 0.717) is 22.7 Å². The molecular weight excluding hydrogens is 395 g/mol. The van der Waals surface area contributed by atoms with Gasteiger partial charge in [-0.3, -0.25) is 4.31 Å². The van der Waals surface area contributed by atoms with E-state index >= 15 is 0 Å². The average molecular weight is 411 g/mol. The first kappa shape index (κ1) is 18.4. The van der Waals surface area contributed by atoms with Crippen molar-refractivity contribution in [2.45, 2.75) is 34.6 Å². The van der Waals surface area contributed by atoms with E-state index in [0.717, 1.165) is 20.9 Å². The third-order valence-electron chi connectivity index (χ3n) is 4.73. The lowest BCUT2D eigenvalue weighted by atomic mass is 9.92. The van der Waals surface area contributed by atoms with Crippen LogP contribution in [0.3, 0.4) is 0 Å². The van der Waals surface area contributed by atoms with Gasteiger partial charge in [-0.15, -0.1) is 0 Å². The molecule has 4 rings (SSSR count). The smallest absolute Gasteiger partial charge is 0.266 e. The molecule has 3 nitrogen and oxygen atoms in total. The van der Waals surface area contributed by atoms with Gasteiger partial charge in [0, 0.05) is 27.6 Å². The van der Waals surface area contributed by atoms with Crippen LogP contribution in [-0.2, 0) is 10.0 Å². The van der Waals surface area contributed by atoms with E-state index in [9.17, 15) is 21.6 Å². The summed E-state index contributed by atoms with van der Waals surface area (Å²) in [5, 5.41) is 0. The summed E-state index contributed by atoms with van der Waals surface area (Å²) in [6.45, 7) is -0.155. The quantitative estimate of drug-likeness (QED) is 0.549. The maximum atomic E-state index is 13.3. The van der Waals surface area contributed by atoms with Crippen molar-refractivity contribution >= 4 is 27.4 Å². The Bertz CT molecular complexity index is 982. The number of nitrogens with zero attached hydrogens (tertiary/aromatic N) is 1. The number of hydrogen-bond acceptors (Lipinski definition) is 3. The Balaban J connectivity index is 2.01. The van der Waals surface area contributed by atoms with E-state index < -0.39 is 15.5 Å². The van der Waals surface area contributed by atoms with Crippen LogP contribution < -0.4 is 0 Å². The lowest BCUT2D eigenvalue weighted by Gasteiger charge is -2.35. The predicted octanol–water partition coefficient (Wildman–Crippen LogP) is 5.25. The third-order valence-corrected chi connectivity index (χ3v) is 7.45. The highest BCUT2D eigenvalue weighted by Crippen LogP contribution is 2.48. The number of hydrogen-bond donors (Lipinski definition) is 0. The Hall–Kier alpha value is -1.93. The highest BCUT2D eigenvalue weighted by Gasteiger charge is 2.51. The van der Waals surface area contributed by atoms with E-state index in [2.05, 4.69) is 0 Å². The van der Waals surface area contributed by atoms with Crippen LogP contribution in [0.1, 0.15) is 30.4 Å². The van der Waals surface area contributed by atoms with E-state index in [4.69, 9.17) is 0 Å². The number of sulfonamides is 1. The van der Waals surface area contributed by atoms with Gasteiger partial charge in [0.2, 0.25) is 0 Å². The Labute approximate surface area is 159 Å². The Morgan fingerprint density at radius 3 is 2.00 bits per heavy atom. The summed E-state index contributed by atoms with van der Waals surface area (Å²) in [5.74, 6) is 0. The SMILES string of the molecule is O=S(=O)(N1CCCCC1=C1c2ccccc2Sc2ccccc21)C(F)(F)F. The highest BCUT2D eigenvalue weighted by atomic mass is 32.2. The Kier molecular flexibility index (Phi) is 4.50. The van der Waals surface area contributed by atoms with Gasteiger partial charge < -0.3 is 0 Å². The summed E-state index contributed by atoms with van der Waals surface area (Å²) in [5.41, 5.74) is -2.94. The standard InChI is InChI=1S/C19H16F3NO2S2/c20-19(21,22)27(24,25)23-12-6-5-9-15(23)18-13-7-1-3-10-16(13)26-17-11-4-2-8-14(17)18/h1-4,7-8,10-11H,5-6,9,12H2.